The van der Waals surface area contributed by atoms with E-state index in [2.05, 4.69) is 5.16 Å². The fourth-order valence-electron chi connectivity index (χ4n) is 2.75. The maximum atomic E-state index is 13.9. The lowest BCUT2D eigenvalue weighted by Crippen LogP contribution is -2.44. The number of nitrogens with zero attached hydrogens (tertiary/aromatic N) is 2. The predicted molar refractivity (Wildman–Crippen MR) is 77.8 cm³/mol. The lowest BCUT2D eigenvalue weighted by Gasteiger charge is -2.28. The Balaban J connectivity index is 2.30. The summed E-state index contributed by atoms with van der Waals surface area (Å²) in [5.41, 5.74) is 6.39. The van der Waals surface area contributed by atoms with Gasteiger partial charge in [-0.25, -0.2) is 4.39 Å². The van der Waals surface area contributed by atoms with Gasteiger partial charge in [-0.2, -0.15) is 0 Å². The summed E-state index contributed by atoms with van der Waals surface area (Å²) in [6.45, 7) is 1.81. The molecule has 0 aromatic heterocycles. The third-order valence-corrected chi connectivity index (χ3v) is 3.84. The number of carbonyl (C=O) groups is 1. The Bertz CT molecular complexity index is 554. The smallest absolute Gasteiger partial charge is 0.257 e. The van der Waals surface area contributed by atoms with Crippen molar-refractivity contribution in [3.05, 3.63) is 35.1 Å². The second-order valence-corrected chi connectivity index (χ2v) is 5.45. The molecule has 0 saturated heterocycles. The third kappa shape index (κ3) is 3.51. The van der Waals surface area contributed by atoms with Crippen molar-refractivity contribution in [1.82, 2.24) is 4.90 Å². The van der Waals surface area contributed by atoms with Gasteiger partial charge >= 0.3 is 0 Å². The van der Waals surface area contributed by atoms with Crippen molar-refractivity contribution in [2.24, 2.45) is 10.9 Å². The van der Waals surface area contributed by atoms with Crippen LogP contribution >= 0.6 is 0 Å². The number of hydrogen-bond donors (Lipinski definition) is 2. The zero-order valence-corrected chi connectivity index (χ0v) is 12.1. The molecule has 1 amide bonds. The molecule has 1 aliphatic rings. The summed E-state index contributed by atoms with van der Waals surface area (Å²) < 4.78 is 13.9. The van der Waals surface area contributed by atoms with Crippen molar-refractivity contribution in [2.75, 3.05) is 6.54 Å². The molecule has 0 atom stereocenters. The Labute approximate surface area is 123 Å². The van der Waals surface area contributed by atoms with E-state index in [-0.39, 0.29) is 24.0 Å². The number of benzene rings is 1. The van der Waals surface area contributed by atoms with E-state index >= 15 is 0 Å². The van der Waals surface area contributed by atoms with E-state index in [1.54, 1.807) is 13.0 Å². The van der Waals surface area contributed by atoms with Crippen molar-refractivity contribution >= 4 is 11.7 Å². The highest BCUT2D eigenvalue weighted by molar-refractivity contribution is 5.97. The normalized spacial score (nSPS) is 16.2. The minimum Gasteiger partial charge on any atom is -0.409 e. The Morgan fingerprint density at radius 3 is 2.76 bits per heavy atom. The van der Waals surface area contributed by atoms with Gasteiger partial charge in [-0.1, -0.05) is 29.6 Å². The number of oxime groups is 1. The zero-order valence-electron chi connectivity index (χ0n) is 12.1. The summed E-state index contributed by atoms with van der Waals surface area (Å²) in [5, 5.41) is 11.7. The summed E-state index contributed by atoms with van der Waals surface area (Å²) in [5.74, 6) is -1.01. The Kier molecular flexibility index (Phi) is 4.77. The third-order valence-electron chi connectivity index (χ3n) is 3.84. The number of amides is 1. The molecule has 0 bridgehead atoms. The van der Waals surface area contributed by atoms with Gasteiger partial charge in [-0.3, -0.25) is 4.79 Å². The van der Waals surface area contributed by atoms with Gasteiger partial charge in [-0.15, -0.1) is 0 Å². The molecule has 1 fully saturated rings. The predicted octanol–water partition coefficient (Wildman–Crippen LogP) is 2.27. The fourth-order valence-corrected chi connectivity index (χ4v) is 2.75. The first-order valence-electron chi connectivity index (χ1n) is 7.06. The number of nitrogens with two attached hydrogens (primary N) is 1. The topological polar surface area (TPSA) is 78.9 Å². The molecule has 0 unspecified atom stereocenters. The van der Waals surface area contributed by atoms with Crippen LogP contribution in [0.1, 0.15) is 41.6 Å². The number of rotatable bonds is 4. The van der Waals surface area contributed by atoms with E-state index in [1.807, 2.05) is 0 Å². The molecule has 5 nitrogen and oxygen atoms in total. The average Bonchev–Trinajstić information content (AvgIpc) is 3.00. The van der Waals surface area contributed by atoms with Crippen LogP contribution in [-0.2, 0) is 0 Å². The lowest BCUT2D eigenvalue weighted by molar-refractivity contribution is 0.0707. The summed E-state index contributed by atoms with van der Waals surface area (Å²) in [6, 6.07) is 4.46. The minimum atomic E-state index is -0.548. The first kappa shape index (κ1) is 15.3. The molecule has 1 saturated carbocycles. The van der Waals surface area contributed by atoms with Crippen LogP contribution in [0.2, 0.25) is 0 Å². The maximum Gasteiger partial charge on any atom is 0.257 e. The van der Waals surface area contributed by atoms with Gasteiger partial charge in [0.15, 0.2) is 5.84 Å². The standard InChI is InChI=1S/C15H20FN3O2/c1-10-6-7-13(16)12(8-10)15(20)19(9-14(17)18-21)11-4-2-3-5-11/h6-8,11,21H,2-5,9H2,1H3,(H2,17,18). The molecule has 2 rings (SSSR count). The second kappa shape index (κ2) is 6.56. The Morgan fingerprint density at radius 1 is 1.48 bits per heavy atom. The number of hydrogen-bond acceptors (Lipinski definition) is 3. The summed E-state index contributed by atoms with van der Waals surface area (Å²) >= 11 is 0. The van der Waals surface area contributed by atoms with Crippen LogP contribution in [0, 0.1) is 12.7 Å². The van der Waals surface area contributed by atoms with Gasteiger partial charge in [0.2, 0.25) is 0 Å². The summed E-state index contributed by atoms with van der Waals surface area (Å²) in [4.78, 5) is 14.2. The van der Waals surface area contributed by atoms with E-state index in [1.165, 1.54) is 17.0 Å². The van der Waals surface area contributed by atoms with E-state index in [0.29, 0.717) is 0 Å². The quantitative estimate of drug-likeness (QED) is 0.387. The average molecular weight is 293 g/mol. The van der Waals surface area contributed by atoms with Gasteiger partial charge in [0.05, 0.1) is 12.1 Å². The Hall–Kier alpha value is -2.11. The highest BCUT2D eigenvalue weighted by Gasteiger charge is 2.29. The van der Waals surface area contributed by atoms with Gasteiger partial charge in [0, 0.05) is 6.04 Å². The molecule has 6 heteroatoms. The van der Waals surface area contributed by atoms with Crippen molar-refractivity contribution in [2.45, 2.75) is 38.6 Å². The first-order valence-corrected chi connectivity index (χ1v) is 7.06. The first-order chi connectivity index (χ1) is 10.0. The molecular weight excluding hydrogens is 273 g/mol. The van der Waals surface area contributed by atoms with Crippen molar-refractivity contribution in [1.29, 1.82) is 0 Å². The number of aryl methyl sites for hydroxylation is 1. The van der Waals surface area contributed by atoms with Gasteiger partial charge in [-0.05, 0) is 31.9 Å². The van der Waals surface area contributed by atoms with E-state index < -0.39 is 11.7 Å². The minimum absolute atomic E-state index is 0.00732. The molecule has 0 spiro atoms. The van der Waals surface area contributed by atoms with Crippen LogP contribution in [0.25, 0.3) is 0 Å². The molecule has 0 heterocycles. The Morgan fingerprint density at radius 2 is 2.14 bits per heavy atom. The molecule has 0 radical (unpaired) electrons. The van der Waals surface area contributed by atoms with Crippen LogP contribution < -0.4 is 5.73 Å². The zero-order chi connectivity index (χ0) is 15.4. The van der Waals surface area contributed by atoms with Gasteiger partial charge < -0.3 is 15.8 Å². The number of amidine groups is 1. The highest BCUT2D eigenvalue weighted by atomic mass is 19.1. The van der Waals surface area contributed by atoms with Crippen LogP contribution in [0.5, 0.6) is 0 Å². The summed E-state index contributed by atoms with van der Waals surface area (Å²) in [7, 11) is 0. The molecule has 21 heavy (non-hydrogen) atoms. The number of halogens is 1. The SMILES string of the molecule is Cc1ccc(F)c(C(=O)N(CC(N)=NO)C2CCCC2)c1. The fraction of sp³-hybridized carbons (Fsp3) is 0.467. The molecule has 1 aliphatic carbocycles. The van der Waals surface area contributed by atoms with E-state index in [9.17, 15) is 9.18 Å². The van der Waals surface area contributed by atoms with Crippen LogP contribution in [0.3, 0.4) is 0 Å². The summed E-state index contributed by atoms with van der Waals surface area (Å²) in [6.07, 6.45) is 3.78. The van der Waals surface area contributed by atoms with E-state index in [4.69, 9.17) is 10.9 Å². The molecular formula is C15H20FN3O2. The van der Waals surface area contributed by atoms with Crippen LogP contribution in [-0.4, -0.2) is 34.4 Å². The van der Waals surface area contributed by atoms with E-state index in [0.717, 1.165) is 31.2 Å². The maximum absolute atomic E-state index is 13.9. The van der Waals surface area contributed by atoms with Crippen molar-refractivity contribution in [3.63, 3.8) is 0 Å². The lowest BCUT2D eigenvalue weighted by atomic mass is 10.1. The van der Waals surface area contributed by atoms with Crippen LogP contribution in [0.15, 0.2) is 23.4 Å². The monoisotopic (exact) mass is 293 g/mol. The van der Waals surface area contributed by atoms with Crippen LogP contribution in [0.4, 0.5) is 4.39 Å². The molecule has 0 aliphatic heterocycles. The van der Waals surface area contributed by atoms with Crippen molar-refractivity contribution in [3.8, 4) is 0 Å². The molecule has 1 aromatic carbocycles. The second-order valence-electron chi connectivity index (χ2n) is 5.45. The molecule has 3 N–H and O–H groups in total. The van der Waals surface area contributed by atoms with Gasteiger partial charge in [0.25, 0.3) is 5.91 Å². The molecule has 1 aromatic rings. The largest absolute Gasteiger partial charge is 0.409 e. The van der Waals surface area contributed by atoms with Crippen molar-refractivity contribution < 1.29 is 14.4 Å². The molecule has 114 valence electrons. The highest BCUT2D eigenvalue weighted by Crippen LogP contribution is 2.25. The number of carbonyl (C=O) groups excluding carboxylic acids is 1. The van der Waals surface area contributed by atoms with Gasteiger partial charge in [0.1, 0.15) is 5.82 Å².